The summed E-state index contributed by atoms with van der Waals surface area (Å²) in [7, 11) is 0. The number of nitrogens with one attached hydrogen (secondary N) is 1. The van der Waals surface area contributed by atoms with E-state index in [-0.39, 0.29) is 5.91 Å². The molecule has 27 heavy (non-hydrogen) atoms. The number of hydrazone groups is 1. The lowest BCUT2D eigenvalue weighted by atomic mass is 10.2. The van der Waals surface area contributed by atoms with E-state index in [1.54, 1.807) is 18.3 Å². The fourth-order valence-corrected chi connectivity index (χ4v) is 2.98. The van der Waals surface area contributed by atoms with E-state index in [0.717, 1.165) is 20.4 Å². The molecule has 0 saturated carbocycles. The molecule has 0 atom stereocenters. The van der Waals surface area contributed by atoms with Gasteiger partial charge in [-0.3, -0.25) is 4.79 Å². The van der Waals surface area contributed by atoms with Crippen molar-refractivity contribution in [1.82, 2.24) is 5.43 Å². The minimum Gasteiger partial charge on any atom is -0.489 e. The molecule has 0 aromatic heterocycles. The minimum absolute atomic E-state index is 0.242. The highest BCUT2D eigenvalue weighted by Crippen LogP contribution is 2.15. The van der Waals surface area contributed by atoms with E-state index in [1.165, 1.54) is 3.57 Å². The Labute approximate surface area is 185 Å². The number of hydrogen-bond acceptors (Lipinski definition) is 3. The van der Waals surface area contributed by atoms with Crippen LogP contribution in [0.25, 0.3) is 0 Å². The lowest BCUT2D eigenvalue weighted by molar-refractivity contribution is 0.0955. The lowest BCUT2D eigenvalue weighted by Crippen LogP contribution is -2.17. The SMILES string of the molecule is O=C(N/N=C\c1cccc(OCc2ccc(I)cc2)c1)c1ccc(I)cc1. The Morgan fingerprint density at radius 2 is 1.63 bits per heavy atom. The fraction of sp³-hybridized carbons (Fsp3) is 0.0476. The van der Waals surface area contributed by atoms with Crippen LogP contribution in [0.5, 0.6) is 5.75 Å². The van der Waals surface area contributed by atoms with E-state index < -0.39 is 0 Å². The fourth-order valence-electron chi connectivity index (χ4n) is 2.26. The summed E-state index contributed by atoms with van der Waals surface area (Å²) in [6, 6.07) is 23.1. The third kappa shape index (κ3) is 6.31. The topological polar surface area (TPSA) is 50.7 Å². The quantitative estimate of drug-likeness (QED) is 0.246. The molecular formula is C21H16I2N2O2. The van der Waals surface area contributed by atoms with Crippen molar-refractivity contribution < 1.29 is 9.53 Å². The van der Waals surface area contributed by atoms with Gasteiger partial charge in [-0.2, -0.15) is 5.10 Å². The molecule has 3 aromatic carbocycles. The second-order valence-corrected chi connectivity index (χ2v) is 8.18. The average molecular weight is 582 g/mol. The van der Waals surface area contributed by atoms with Gasteiger partial charge >= 0.3 is 0 Å². The number of hydrogen-bond donors (Lipinski definition) is 1. The van der Waals surface area contributed by atoms with Crippen LogP contribution in [0.4, 0.5) is 0 Å². The predicted octanol–water partition coefficient (Wildman–Crippen LogP) is 5.24. The standard InChI is InChI=1S/C21H16I2N2O2/c22-18-8-4-15(5-9-18)14-27-20-3-1-2-16(12-20)13-24-25-21(26)17-6-10-19(23)11-7-17/h1-13H,14H2,(H,25,26)/b24-13-. The van der Waals surface area contributed by atoms with Gasteiger partial charge in [-0.05, 0) is 105 Å². The van der Waals surface area contributed by atoms with Crippen molar-refractivity contribution >= 4 is 57.3 Å². The Balaban J connectivity index is 1.56. The Bertz CT molecular complexity index is 939. The van der Waals surface area contributed by atoms with Gasteiger partial charge in [0, 0.05) is 12.7 Å². The van der Waals surface area contributed by atoms with Gasteiger partial charge in [0.2, 0.25) is 0 Å². The first-order valence-electron chi connectivity index (χ1n) is 8.16. The van der Waals surface area contributed by atoms with Crippen LogP contribution in [-0.4, -0.2) is 12.1 Å². The van der Waals surface area contributed by atoms with E-state index in [1.807, 2.05) is 48.5 Å². The molecular weight excluding hydrogens is 566 g/mol. The van der Waals surface area contributed by atoms with Gasteiger partial charge in [-0.1, -0.05) is 24.3 Å². The first-order chi connectivity index (χ1) is 13.1. The Morgan fingerprint density at radius 1 is 0.963 bits per heavy atom. The van der Waals surface area contributed by atoms with Crippen LogP contribution >= 0.6 is 45.2 Å². The maximum Gasteiger partial charge on any atom is 0.271 e. The van der Waals surface area contributed by atoms with Crippen LogP contribution in [-0.2, 0) is 6.61 Å². The van der Waals surface area contributed by atoms with Crippen molar-refractivity contribution in [1.29, 1.82) is 0 Å². The molecule has 3 rings (SSSR count). The van der Waals surface area contributed by atoms with Crippen molar-refractivity contribution in [3.63, 3.8) is 0 Å². The second kappa shape index (κ2) is 9.84. The van der Waals surface area contributed by atoms with E-state index >= 15 is 0 Å². The van der Waals surface area contributed by atoms with Gasteiger partial charge < -0.3 is 4.74 Å². The van der Waals surface area contributed by atoms with Gasteiger partial charge in [0.05, 0.1) is 6.21 Å². The Kier molecular flexibility index (Phi) is 7.22. The van der Waals surface area contributed by atoms with Crippen molar-refractivity contribution in [2.75, 3.05) is 0 Å². The molecule has 136 valence electrons. The van der Waals surface area contributed by atoms with Gasteiger partial charge in [0.15, 0.2) is 0 Å². The number of carbonyl (C=O) groups excluding carboxylic acids is 1. The summed E-state index contributed by atoms with van der Waals surface area (Å²) in [4.78, 5) is 12.0. The number of ether oxygens (including phenoxy) is 1. The van der Waals surface area contributed by atoms with Gasteiger partial charge in [-0.15, -0.1) is 0 Å². The van der Waals surface area contributed by atoms with Crippen molar-refractivity contribution in [3.05, 3.63) is 96.6 Å². The van der Waals surface area contributed by atoms with Gasteiger partial charge in [0.25, 0.3) is 5.91 Å². The number of nitrogens with zero attached hydrogens (tertiary/aromatic N) is 1. The zero-order valence-electron chi connectivity index (χ0n) is 14.2. The molecule has 0 aliphatic heterocycles. The minimum atomic E-state index is -0.242. The van der Waals surface area contributed by atoms with Crippen LogP contribution in [0.1, 0.15) is 21.5 Å². The van der Waals surface area contributed by atoms with E-state index in [4.69, 9.17) is 4.74 Å². The van der Waals surface area contributed by atoms with Crippen LogP contribution < -0.4 is 10.2 Å². The van der Waals surface area contributed by atoms with Gasteiger partial charge in [-0.25, -0.2) is 5.43 Å². The van der Waals surface area contributed by atoms with Crippen molar-refractivity contribution in [3.8, 4) is 5.75 Å². The maximum absolute atomic E-state index is 12.0. The third-order valence-corrected chi connectivity index (χ3v) is 5.10. The normalized spacial score (nSPS) is 10.7. The zero-order chi connectivity index (χ0) is 19.1. The summed E-state index contributed by atoms with van der Waals surface area (Å²) in [5, 5.41) is 4.03. The average Bonchev–Trinajstić information content (AvgIpc) is 2.68. The number of benzene rings is 3. The molecule has 1 N–H and O–H groups in total. The van der Waals surface area contributed by atoms with Crippen molar-refractivity contribution in [2.24, 2.45) is 5.10 Å². The molecule has 0 aliphatic carbocycles. The predicted molar refractivity (Wildman–Crippen MR) is 124 cm³/mol. The van der Waals surface area contributed by atoms with Crippen LogP contribution in [0.15, 0.2) is 77.9 Å². The van der Waals surface area contributed by atoms with Crippen LogP contribution in [0, 0.1) is 7.14 Å². The molecule has 4 nitrogen and oxygen atoms in total. The molecule has 0 saturated heterocycles. The molecule has 1 amide bonds. The molecule has 0 bridgehead atoms. The zero-order valence-corrected chi connectivity index (χ0v) is 18.5. The highest BCUT2D eigenvalue weighted by molar-refractivity contribution is 14.1. The van der Waals surface area contributed by atoms with E-state index in [9.17, 15) is 4.79 Å². The maximum atomic E-state index is 12.0. The monoisotopic (exact) mass is 582 g/mol. The third-order valence-electron chi connectivity index (χ3n) is 3.66. The molecule has 0 spiro atoms. The summed E-state index contributed by atoms with van der Waals surface area (Å²) in [6.45, 7) is 0.501. The number of halogens is 2. The summed E-state index contributed by atoms with van der Waals surface area (Å²) < 4.78 is 8.10. The number of rotatable bonds is 6. The molecule has 0 fully saturated rings. The molecule has 0 unspecified atom stereocenters. The number of carbonyl (C=O) groups is 1. The summed E-state index contributed by atoms with van der Waals surface area (Å²) in [5.41, 5.74) is 5.06. The van der Waals surface area contributed by atoms with E-state index in [2.05, 4.69) is 67.8 Å². The first-order valence-corrected chi connectivity index (χ1v) is 10.3. The first kappa shape index (κ1) is 19.8. The Hall–Kier alpha value is -1.94. The molecule has 0 aliphatic rings. The summed E-state index contributed by atoms with van der Waals surface area (Å²) >= 11 is 4.47. The highest BCUT2D eigenvalue weighted by Gasteiger charge is 2.03. The van der Waals surface area contributed by atoms with E-state index in [0.29, 0.717) is 12.2 Å². The highest BCUT2D eigenvalue weighted by atomic mass is 127. The van der Waals surface area contributed by atoms with Gasteiger partial charge in [0.1, 0.15) is 12.4 Å². The second-order valence-electron chi connectivity index (χ2n) is 5.69. The van der Waals surface area contributed by atoms with Crippen LogP contribution in [0.3, 0.4) is 0 Å². The molecule has 0 heterocycles. The molecule has 3 aromatic rings. The summed E-state index contributed by atoms with van der Waals surface area (Å²) in [5.74, 6) is 0.509. The largest absolute Gasteiger partial charge is 0.489 e. The molecule has 0 radical (unpaired) electrons. The molecule has 6 heteroatoms. The lowest BCUT2D eigenvalue weighted by Gasteiger charge is -2.07. The van der Waals surface area contributed by atoms with Crippen LogP contribution in [0.2, 0.25) is 0 Å². The number of amides is 1. The van der Waals surface area contributed by atoms with Crippen molar-refractivity contribution in [2.45, 2.75) is 6.61 Å². The summed E-state index contributed by atoms with van der Waals surface area (Å²) in [6.07, 6.45) is 1.60. The smallest absolute Gasteiger partial charge is 0.271 e. The Morgan fingerprint density at radius 3 is 2.33 bits per heavy atom.